The van der Waals surface area contributed by atoms with Gasteiger partial charge in [0.05, 0.1) is 6.04 Å². The van der Waals surface area contributed by atoms with E-state index in [0.717, 1.165) is 17.9 Å². The lowest BCUT2D eigenvalue weighted by Gasteiger charge is -2.11. The molecule has 15 heavy (non-hydrogen) atoms. The molecule has 1 fully saturated rings. The number of hydrogen-bond acceptors (Lipinski definition) is 4. The maximum Gasteiger partial charge on any atom is 0.231 e. The van der Waals surface area contributed by atoms with Crippen LogP contribution in [0.3, 0.4) is 0 Å². The Hall–Kier alpha value is -1.55. The summed E-state index contributed by atoms with van der Waals surface area (Å²) in [7, 11) is 0. The molecule has 1 N–H and O–H groups in total. The van der Waals surface area contributed by atoms with Crippen LogP contribution in [-0.2, 0) is 4.79 Å². The third-order valence-corrected chi connectivity index (χ3v) is 2.78. The lowest BCUT2D eigenvalue weighted by molar-refractivity contribution is -0.118. The minimum atomic E-state index is -0.221. The number of Topliss-reactive ketones (excluding diaryl/α,β-unsaturated/α-hetero) is 1. The summed E-state index contributed by atoms with van der Waals surface area (Å²) in [5.74, 6) is 1.66. The molecule has 0 saturated carbocycles. The molecule has 0 amide bonds. The topological polar surface area (TPSA) is 47.6 Å². The zero-order valence-electron chi connectivity index (χ0n) is 8.16. The van der Waals surface area contributed by atoms with Gasteiger partial charge < -0.3 is 14.8 Å². The monoisotopic (exact) mass is 205 g/mol. The maximum absolute atomic E-state index is 11.6. The molecule has 1 aromatic carbocycles. The molecule has 1 aromatic rings. The first-order chi connectivity index (χ1) is 7.36. The Bertz CT molecular complexity index is 416. The first-order valence-corrected chi connectivity index (χ1v) is 5.01. The minimum absolute atomic E-state index is 0.221. The summed E-state index contributed by atoms with van der Waals surface area (Å²) in [4.78, 5) is 11.6. The highest BCUT2D eigenvalue weighted by molar-refractivity contribution is 5.88. The number of rotatable bonds is 1. The molecule has 1 unspecified atom stereocenters. The van der Waals surface area contributed by atoms with Gasteiger partial charge in [0.15, 0.2) is 17.3 Å². The van der Waals surface area contributed by atoms with Crippen molar-refractivity contribution >= 4 is 5.78 Å². The van der Waals surface area contributed by atoms with Gasteiger partial charge in [-0.3, -0.25) is 4.79 Å². The summed E-state index contributed by atoms with van der Waals surface area (Å²) in [5.41, 5.74) is 0.896. The number of carbonyl (C=O) groups excluding carboxylic acids is 1. The van der Waals surface area contributed by atoms with E-state index in [9.17, 15) is 4.79 Å². The Balaban J connectivity index is 2.05. The average Bonchev–Trinajstić information content (AvgIpc) is 2.85. The fourth-order valence-corrected chi connectivity index (χ4v) is 2.06. The van der Waals surface area contributed by atoms with Gasteiger partial charge >= 0.3 is 0 Å². The van der Waals surface area contributed by atoms with Crippen molar-refractivity contribution in [1.29, 1.82) is 0 Å². The van der Waals surface area contributed by atoms with Crippen molar-refractivity contribution in [3.63, 3.8) is 0 Å². The predicted octanol–water partition coefficient (Wildman–Crippen LogP) is 1.02. The van der Waals surface area contributed by atoms with Gasteiger partial charge in [-0.15, -0.1) is 0 Å². The second-order valence-electron chi connectivity index (χ2n) is 3.68. The molecule has 4 heteroatoms. The molecule has 1 saturated heterocycles. The highest BCUT2D eigenvalue weighted by Crippen LogP contribution is 2.39. The number of nitrogens with one attached hydrogen (secondary N) is 1. The van der Waals surface area contributed by atoms with Gasteiger partial charge in [0.1, 0.15) is 0 Å². The molecule has 78 valence electrons. The van der Waals surface area contributed by atoms with Crippen LogP contribution in [0.5, 0.6) is 11.5 Å². The van der Waals surface area contributed by atoms with Crippen molar-refractivity contribution in [3.8, 4) is 11.5 Å². The lowest BCUT2D eigenvalue weighted by atomic mass is 10.0. The highest BCUT2D eigenvalue weighted by Gasteiger charge is 2.30. The van der Waals surface area contributed by atoms with Crippen LogP contribution < -0.4 is 14.8 Å². The largest absolute Gasteiger partial charge is 0.454 e. The highest BCUT2D eigenvalue weighted by atomic mass is 16.7. The Morgan fingerprint density at radius 1 is 1.33 bits per heavy atom. The summed E-state index contributed by atoms with van der Waals surface area (Å²) >= 11 is 0. The van der Waals surface area contributed by atoms with Crippen LogP contribution in [0.15, 0.2) is 18.2 Å². The van der Waals surface area contributed by atoms with Gasteiger partial charge in [0, 0.05) is 18.5 Å². The Morgan fingerprint density at radius 3 is 3.07 bits per heavy atom. The van der Waals surface area contributed by atoms with E-state index in [1.54, 1.807) is 0 Å². The number of carbonyl (C=O) groups is 1. The van der Waals surface area contributed by atoms with Crippen molar-refractivity contribution in [2.24, 2.45) is 0 Å². The van der Waals surface area contributed by atoms with Crippen LogP contribution in [0.1, 0.15) is 18.0 Å². The van der Waals surface area contributed by atoms with Crippen molar-refractivity contribution in [2.45, 2.75) is 12.5 Å². The van der Waals surface area contributed by atoms with Crippen LogP contribution in [0, 0.1) is 0 Å². The van der Waals surface area contributed by atoms with Crippen molar-refractivity contribution in [3.05, 3.63) is 23.8 Å². The summed E-state index contributed by atoms with van der Waals surface area (Å²) in [6, 6.07) is 5.43. The van der Waals surface area contributed by atoms with Crippen LogP contribution in [0.4, 0.5) is 0 Å². The number of para-hydroxylation sites is 1. The van der Waals surface area contributed by atoms with Gasteiger partial charge in [-0.1, -0.05) is 12.1 Å². The number of ketones is 1. The third kappa shape index (κ3) is 1.29. The quantitative estimate of drug-likeness (QED) is 0.743. The molecule has 2 aliphatic rings. The molecule has 4 nitrogen and oxygen atoms in total. The van der Waals surface area contributed by atoms with Gasteiger partial charge in [0.25, 0.3) is 0 Å². The minimum Gasteiger partial charge on any atom is -0.454 e. The number of hydrogen-bond donors (Lipinski definition) is 1. The summed E-state index contributed by atoms with van der Waals surface area (Å²) in [5, 5.41) is 3.17. The number of fused-ring (bicyclic) bond motifs is 1. The molecule has 2 aliphatic heterocycles. The van der Waals surface area contributed by atoms with E-state index < -0.39 is 0 Å². The van der Waals surface area contributed by atoms with Crippen LogP contribution in [0.25, 0.3) is 0 Å². The lowest BCUT2D eigenvalue weighted by Crippen LogP contribution is -2.18. The fraction of sp³-hybridized carbons (Fsp3) is 0.364. The first kappa shape index (κ1) is 8.73. The summed E-state index contributed by atoms with van der Waals surface area (Å²) in [6.07, 6.45) is 0.592. The molecule has 0 bridgehead atoms. The zero-order valence-corrected chi connectivity index (χ0v) is 8.16. The maximum atomic E-state index is 11.6. The van der Waals surface area contributed by atoms with Crippen LogP contribution in [0.2, 0.25) is 0 Å². The fourth-order valence-electron chi connectivity index (χ4n) is 2.06. The van der Waals surface area contributed by atoms with E-state index in [0.29, 0.717) is 12.2 Å². The van der Waals surface area contributed by atoms with Crippen molar-refractivity contribution in [1.82, 2.24) is 5.32 Å². The molecular formula is C11H11NO3. The standard InChI is InChI=1S/C11H11NO3/c13-8-4-5-12-10(8)7-2-1-3-9-11(7)15-6-14-9/h1-3,10,12H,4-6H2. The Morgan fingerprint density at radius 2 is 2.27 bits per heavy atom. The van der Waals surface area contributed by atoms with Crippen LogP contribution in [-0.4, -0.2) is 19.1 Å². The van der Waals surface area contributed by atoms with Crippen molar-refractivity contribution in [2.75, 3.05) is 13.3 Å². The molecule has 0 aromatic heterocycles. The second-order valence-corrected chi connectivity index (χ2v) is 3.68. The van der Waals surface area contributed by atoms with Gasteiger partial charge in [-0.2, -0.15) is 0 Å². The van der Waals surface area contributed by atoms with E-state index in [2.05, 4.69) is 5.32 Å². The molecule has 1 atom stereocenters. The van der Waals surface area contributed by atoms with E-state index >= 15 is 0 Å². The Kier molecular flexibility index (Phi) is 1.89. The molecular weight excluding hydrogens is 194 g/mol. The van der Waals surface area contributed by atoms with Gasteiger partial charge in [-0.05, 0) is 6.07 Å². The summed E-state index contributed by atoms with van der Waals surface area (Å²) < 4.78 is 10.6. The Labute approximate surface area is 87.2 Å². The van der Waals surface area contributed by atoms with Crippen LogP contribution >= 0.6 is 0 Å². The molecule has 3 rings (SSSR count). The van der Waals surface area contributed by atoms with E-state index in [1.165, 1.54) is 0 Å². The number of ether oxygens (including phenoxy) is 2. The number of benzene rings is 1. The molecule has 2 heterocycles. The summed E-state index contributed by atoms with van der Waals surface area (Å²) in [6.45, 7) is 0.987. The molecule has 0 spiro atoms. The van der Waals surface area contributed by atoms with E-state index in [1.807, 2.05) is 18.2 Å². The SMILES string of the molecule is O=C1CCNC1c1cccc2c1OCO2. The molecule has 0 aliphatic carbocycles. The average molecular weight is 205 g/mol. The van der Waals surface area contributed by atoms with Gasteiger partial charge in [0.2, 0.25) is 6.79 Å². The predicted molar refractivity (Wildman–Crippen MR) is 52.9 cm³/mol. The van der Waals surface area contributed by atoms with E-state index in [4.69, 9.17) is 9.47 Å². The third-order valence-electron chi connectivity index (χ3n) is 2.78. The zero-order chi connectivity index (χ0) is 10.3. The van der Waals surface area contributed by atoms with E-state index in [-0.39, 0.29) is 18.6 Å². The smallest absolute Gasteiger partial charge is 0.231 e. The van der Waals surface area contributed by atoms with Gasteiger partial charge in [-0.25, -0.2) is 0 Å². The first-order valence-electron chi connectivity index (χ1n) is 5.01. The molecule has 0 radical (unpaired) electrons. The second kappa shape index (κ2) is 3.24. The van der Waals surface area contributed by atoms with Crippen molar-refractivity contribution < 1.29 is 14.3 Å². The normalized spacial score (nSPS) is 23.5.